The molecule has 2 aliphatic heterocycles. The van der Waals surface area contributed by atoms with Gasteiger partial charge in [-0.05, 0) is 25.8 Å². The van der Waals surface area contributed by atoms with E-state index in [1.807, 2.05) is 6.92 Å². The van der Waals surface area contributed by atoms with Crippen LogP contribution in [0.15, 0.2) is 0 Å². The second-order valence-corrected chi connectivity index (χ2v) is 5.01. The quantitative estimate of drug-likeness (QED) is 0.709. The average molecular weight is 241 g/mol. The van der Waals surface area contributed by atoms with Crippen LogP contribution < -0.4 is 11.1 Å². The second kappa shape index (κ2) is 5.80. The molecule has 0 aromatic heterocycles. The van der Waals surface area contributed by atoms with Crippen LogP contribution in [0.4, 0.5) is 0 Å². The highest BCUT2D eigenvalue weighted by molar-refractivity contribution is 5.81. The Labute approximate surface area is 103 Å². The molecule has 2 fully saturated rings. The van der Waals surface area contributed by atoms with Crippen molar-refractivity contribution in [3.05, 3.63) is 0 Å². The lowest BCUT2D eigenvalue weighted by Gasteiger charge is -2.35. The molecule has 0 aromatic carbocycles. The van der Waals surface area contributed by atoms with Gasteiger partial charge in [0.1, 0.15) is 0 Å². The molecule has 98 valence electrons. The van der Waals surface area contributed by atoms with Crippen molar-refractivity contribution < 1.29 is 9.53 Å². The molecule has 0 aliphatic carbocycles. The van der Waals surface area contributed by atoms with Crippen LogP contribution in [0.3, 0.4) is 0 Å². The predicted molar refractivity (Wildman–Crippen MR) is 65.6 cm³/mol. The molecule has 0 bridgehead atoms. The first-order valence-electron chi connectivity index (χ1n) is 6.59. The molecule has 3 atom stereocenters. The van der Waals surface area contributed by atoms with Gasteiger partial charge in [0.05, 0.1) is 18.8 Å². The maximum Gasteiger partial charge on any atom is 0.236 e. The topological polar surface area (TPSA) is 67.6 Å². The first-order valence-corrected chi connectivity index (χ1v) is 6.59. The molecule has 0 aromatic rings. The fraction of sp³-hybridized carbons (Fsp3) is 0.917. The number of ether oxygens (including phenoxy) is 1. The Hall–Kier alpha value is -0.650. The van der Waals surface area contributed by atoms with Gasteiger partial charge < -0.3 is 15.8 Å². The molecule has 2 heterocycles. The summed E-state index contributed by atoms with van der Waals surface area (Å²) < 4.78 is 5.76. The van der Waals surface area contributed by atoms with Gasteiger partial charge >= 0.3 is 0 Å². The highest BCUT2D eigenvalue weighted by atomic mass is 16.5. The molecule has 2 rings (SSSR count). The zero-order chi connectivity index (χ0) is 12.3. The summed E-state index contributed by atoms with van der Waals surface area (Å²) in [6.45, 7) is 5.41. The first-order chi connectivity index (χ1) is 8.20. The summed E-state index contributed by atoms with van der Waals surface area (Å²) in [5.41, 5.74) is 5.65. The Morgan fingerprint density at radius 3 is 3.24 bits per heavy atom. The van der Waals surface area contributed by atoms with Crippen LogP contribution >= 0.6 is 0 Å². The lowest BCUT2D eigenvalue weighted by molar-refractivity contribution is -0.123. The van der Waals surface area contributed by atoms with Crippen LogP contribution in [0.5, 0.6) is 0 Å². The Morgan fingerprint density at radius 2 is 2.47 bits per heavy atom. The van der Waals surface area contributed by atoms with E-state index in [2.05, 4.69) is 10.2 Å². The maximum absolute atomic E-state index is 11.5. The third-order valence-electron chi connectivity index (χ3n) is 3.74. The minimum absolute atomic E-state index is 0.0698. The van der Waals surface area contributed by atoms with E-state index in [1.54, 1.807) is 0 Å². The van der Waals surface area contributed by atoms with Crippen molar-refractivity contribution in [1.82, 2.24) is 10.2 Å². The lowest BCUT2D eigenvalue weighted by atomic mass is 10.2. The van der Waals surface area contributed by atoms with Gasteiger partial charge in [0.15, 0.2) is 0 Å². The summed E-state index contributed by atoms with van der Waals surface area (Å²) >= 11 is 0. The molecule has 5 heteroatoms. The highest BCUT2D eigenvalue weighted by Crippen LogP contribution is 2.22. The van der Waals surface area contributed by atoms with Gasteiger partial charge in [0.25, 0.3) is 0 Å². The van der Waals surface area contributed by atoms with Crippen LogP contribution in [0.2, 0.25) is 0 Å². The summed E-state index contributed by atoms with van der Waals surface area (Å²) in [6, 6.07) is 0.220. The van der Waals surface area contributed by atoms with Crippen LogP contribution in [0.1, 0.15) is 26.2 Å². The van der Waals surface area contributed by atoms with Crippen molar-refractivity contribution in [3.8, 4) is 0 Å². The van der Waals surface area contributed by atoms with Gasteiger partial charge in [0, 0.05) is 19.1 Å². The lowest BCUT2D eigenvalue weighted by Crippen LogP contribution is -2.51. The fourth-order valence-electron chi connectivity index (χ4n) is 2.54. The SMILES string of the molecule is CCC(N)C(=O)NCC1CN2CCCC2CO1. The summed E-state index contributed by atoms with van der Waals surface area (Å²) in [5, 5.41) is 2.87. The fourth-order valence-corrected chi connectivity index (χ4v) is 2.54. The number of nitrogens with two attached hydrogens (primary N) is 1. The number of amides is 1. The third kappa shape index (κ3) is 3.18. The van der Waals surface area contributed by atoms with Crippen LogP contribution in [0, 0.1) is 0 Å². The number of rotatable bonds is 4. The molecule has 1 amide bonds. The summed E-state index contributed by atoms with van der Waals surface area (Å²) in [4.78, 5) is 14.0. The molecular formula is C12H23N3O2. The van der Waals surface area contributed by atoms with E-state index in [0.717, 1.165) is 13.2 Å². The summed E-state index contributed by atoms with van der Waals surface area (Å²) in [7, 11) is 0. The van der Waals surface area contributed by atoms with Crippen LogP contribution in [-0.2, 0) is 9.53 Å². The van der Waals surface area contributed by atoms with E-state index in [-0.39, 0.29) is 12.0 Å². The van der Waals surface area contributed by atoms with Gasteiger partial charge in [0.2, 0.25) is 5.91 Å². The van der Waals surface area contributed by atoms with Crippen molar-refractivity contribution in [2.75, 3.05) is 26.2 Å². The zero-order valence-corrected chi connectivity index (χ0v) is 10.5. The van der Waals surface area contributed by atoms with Crippen molar-refractivity contribution in [3.63, 3.8) is 0 Å². The minimum atomic E-state index is -0.391. The maximum atomic E-state index is 11.5. The summed E-state index contributed by atoms with van der Waals surface area (Å²) in [6.07, 6.45) is 3.32. The van der Waals surface area contributed by atoms with Crippen molar-refractivity contribution in [2.24, 2.45) is 5.73 Å². The normalized spacial score (nSPS) is 30.9. The Balaban J connectivity index is 1.71. The van der Waals surface area contributed by atoms with Gasteiger partial charge in [-0.2, -0.15) is 0 Å². The molecular weight excluding hydrogens is 218 g/mol. The predicted octanol–water partition coefficient (Wildman–Crippen LogP) is -0.297. The number of carbonyl (C=O) groups excluding carboxylic acids is 1. The Morgan fingerprint density at radius 1 is 1.65 bits per heavy atom. The third-order valence-corrected chi connectivity index (χ3v) is 3.74. The number of nitrogens with one attached hydrogen (secondary N) is 1. The molecule has 0 saturated carbocycles. The highest BCUT2D eigenvalue weighted by Gasteiger charge is 2.32. The standard InChI is InChI=1S/C12H23N3O2/c1-2-11(13)12(16)14-6-10-7-15-5-3-4-9(15)8-17-10/h9-11H,2-8,13H2,1H3,(H,14,16). The molecule has 0 radical (unpaired) electrons. The van der Waals surface area contributed by atoms with E-state index in [0.29, 0.717) is 19.0 Å². The Bertz CT molecular complexity index is 272. The Kier molecular flexibility index (Phi) is 4.36. The molecule has 3 N–H and O–H groups in total. The van der Waals surface area contributed by atoms with E-state index >= 15 is 0 Å². The monoisotopic (exact) mass is 241 g/mol. The molecule has 3 unspecified atom stereocenters. The van der Waals surface area contributed by atoms with E-state index in [1.165, 1.54) is 19.4 Å². The minimum Gasteiger partial charge on any atom is -0.373 e. The zero-order valence-electron chi connectivity index (χ0n) is 10.5. The average Bonchev–Trinajstić information content (AvgIpc) is 2.82. The van der Waals surface area contributed by atoms with E-state index in [4.69, 9.17) is 10.5 Å². The number of hydrogen-bond acceptors (Lipinski definition) is 4. The number of hydrogen-bond donors (Lipinski definition) is 2. The van der Waals surface area contributed by atoms with Gasteiger partial charge in [-0.1, -0.05) is 6.92 Å². The van der Waals surface area contributed by atoms with Crippen molar-refractivity contribution in [1.29, 1.82) is 0 Å². The first kappa shape index (κ1) is 12.8. The molecule has 2 saturated heterocycles. The van der Waals surface area contributed by atoms with Crippen molar-refractivity contribution in [2.45, 2.75) is 44.4 Å². The number of nitrogens with zero attached hydrogens (tertiary/aromatic N) is 1. The van der Waals surface area contributed by atoms with Gasteiger partial charge in [-0.25, -0.2) is 0 Å². The van der Waals surface area contributed by atoms with Crippen LogP contribution in [0.25, 0.3) is 0 Å². The summed E-state index contributed by atoms with van der Waals surface area (Å²) in [5.74, 6) is -0.0698. The van der Waals surface area contributed by atoms with E-state index in [9.17, 15) is 4.79 Å². The van der Waals surface area contributed by atoms with E-state index < -0.39 is 6.04 Å². The molecule has 2 aliphatic rings. The van der Waals surface area contributed by atoms with Gasteiger partial charge in [-0.3, -0.25) is 9.69 Å². The molecule has 17 heavy (non-hydrogen) atoms. The smallest absolute Gasteiger partial charge is 0.236 e. The second-order valence-electron chi connectivity index (χ2n) is 5.01. The number of morpholine rings is 1. The van der Waals surface area contributed by atoms with Crippen molar-refractivity contribution >= 4 is 5.91 Å². The largest absolute Gasteiger partial charge is 0.373 e. The number of fused-ring (bicyclic) bond motifs is 1. The van der Waals surface area contributed by atoms with Crippen LogP contribution in [-0.4, -0.2) is 55.2 Å². The number of carbonyl (C=O) groups is 1. The van der Waals surface area contributed by atoms with Gasteiger partial charge in [-0.15, -0.1) is 0 Å². The molecule has 5 nitrogen and oxygen atoms in total. The molecule has 0 spiro atoms.